The van der Waals surface area contributed by atoms with Gasteiger partial charge in [0, 0.05) is 22.0 Å². The highest BCUT2D eigenvalue weighted by Crippen LogP contribution is 2.44. The Morgan fingerprint density at radius 3 is 2.60 bits per heavy atom. The molecule has 154 valence electrons. The van der Waals surface area contributed by atoms with Gasteiger partial charge in [-0.15, -0.1) is 10.2 Å². The Morgan fingerprint density at radius 2 is 1.93 bits per heavy atom. The summed E-state index contributed by atoms with van der Waals surface area (Å²) in [5, 5.41) is 9.10. The minimum atomic E-state index is -0.657. The Morgan fingerprint density at radius 1 is 1.17 bits per heavy atom. The van der Waals surface area contributed by atoms with E-state index in [4.69, 9.17) is 4.74 Å². The number of hydrogen-bond acceptors (Lipinski definition) is 6. The third-order valence-electron chi connectivity index (χ3n) is 4.99. The average Bonchev–Trinajstić information content (AvgIpc) is 2.92. The molecule has 0 bridgehead atoms. The SMILES string of the molecule is CCC(=O)N1c2ccc(Br)cc2-c2nnc(SC)nc2OC1c1ccc(CC)cc1. The van der Waals surface area contributed by atoms with Gasteiger partial charge in [-0.25, -0.2) is 0 Å². The average molecular weight is 485 g/mol. The lowest BCUT2D eigenvalue weighted by Gasteiger charge is -2.30. The molecule has 2 aromatic carbocycles. The zero-order chi connectivity index (χ0) is 21.3. The molecule has 0 saturated heterocycles. The van der Waals surface area contributed by atoms with Crippen LogP contribution in [0, 0.1) is 0 Å². The number of anilines is 1. The van der Waals surface area contributed by atoms with Crippen molar-refractivity contribution in [1.82, 2.24) is 15.2 Å². The topological polar surface area (TPSA) is 68.2 Å². The van der Waals surface area contributed by atoms with Gasteiger partial charge >= 0.3 is 0 Å². The number of thioether (sulfide) groups is 1. The van der Waals surface area contributed by atoms with E-state index in [9.17, 15) is 4.79 Å². The molecule has 0 spiro atoms. The molecule has 1 aliphatic heterocycles. The maximum absolute atomic E-state index is 13.1. The fraction of sp³-hybridized carbons (Fsp3) is 0.273. The van der Waals surface area contributed by atoms with Gasteiger partial charge in [-0.1, -0.05) is 65.8 Å². The predicted molar refractivity (Wildman–Crippen MR) is 122 cm³/mol. The molecule has 1 aromatic heterocycles. The third kappa shape index (κ3) is 3.81. The van der Waals surface area contributed by atoms with E-state index in [0.29, 0.717) is 23.2 Å². The molecule has 0 saturated carbocycles. The number of fused-ring (bicyclic) bond motifs is 3. The van der Waals surface area contributed by atoms with Gasteiger partial charge in [0.15, 0.2) is 5.69 Å². The van der Waals surface area contributed by atoms with Gasteiger partial charge < -0.3 is 4.74 Å². The first kappa shape index (κ1) is 20.8. The number of carbonyl (C=O) groups excluding carboxylic acids is 1. The number of aromatic nitrogens is 3. The Hall–Kier alpha value is -2.45. The summed E-state index contributed by atoms with van der Waals surface area (Å²) in [4.78, 5) is 19.4. The number of amides is 1. The van der Waals surface area contributed by atoms with Crippen LogP contribution in [0.2, 0.25) is 0 Å². The van der Waals surface area contributed by atoms with E-state index in [0.717, 1.165) is 27.7 Å². The summed E-state index contributed by atoms with van der Waals surface area (Å²) >= 11 is 4.92. The fourth-order valence-electron chi connectivity index (χ4n) is 3.40. The van der Waals surface area contributed by atoms with E-state index < -0.39 is 6.23 Å². The Kier molecular flexibility index (Phi) is 6.06. The van der Waals surface area contributed by atoms with Gasteiger partial charge in [-0.05, 0) is 36.4 Å². The molecule has 0 fully saturated rings. The van der Waals surface area contributed by atoms with Crippen LogP contribution in [0.5, 0.6) is 5.88 Å². The predicted octanol–water partition coefficient (Wildman–Crippen LogP) is 5.42. The van der Waals surface area contributed by atoms with Crippen molar-refractivity contribution in [2.24, 2.45) is 0 Å². The van der Waals surface area contributed by atoms with Crippen molar-refractivity contribution in [3.05, 3.63) is 58.1 Å². The van der Waals surface area contributed by atoms with Gasteiger partial charge in [0.25, 0.3) is 0 Å². The van der Waals surface area contributed by atoms with Crippen molar-refractivity contribution >= 4 is 39.3 Å². The molecule has 4 rings (SSSR count). The Bertz CT molecular complexity index is 1090. The number of halogens is 1. The monoisotopic (exact) mass is 484 g/mol. The van der Waals surface area contributed by atoms with Crippen LogP contribution >= 0.6 is 27.7 Å². The van der Waals surface area contributed by atoms with Crippen molar-refractivity contribution in [3.63, 3.8) is 0 Å². The second-order valence-electron chi connectivity index (χ2n) is 6.80. The fourth-order valence-corrected chi connectivity index (χ4v) is 4.06. The molecule has 30 heavy (non-hydrogen) atoms. The van der Waals surface area contributed by atoms with E-state index in [1.54, 1.807) is 4.90 Å². The number of aryl methyl sites for hydroxylation is 1. The molecule has 1 atom stereocenters. The smallest absolute Gasteiger partial charge is 0.247 e. The molecule has 2 heterocycles. The first-order valence-corrected chi connectivity index (χ1v) is 11.7. The summed E-state index contributed by atoms with van der Waals surface area (Å²) < 4.78 is 7.25. The number of hydrogen-bond donors (Lipinski definition) is 0. The quantitative estimate of drug-likeness (QED) is 0.460. The summed E-state index contributed by atoms with van der Waals surface area (Å²) in [5.41, 5.74) is 4.09. The minimum absolute atomic E-state index is 0.0472. The largest absolute Gasteiger partial charge is 0.447 e. The molecule has 1 aliphatic rings. The van der Waals surface area contributed by atoms with Crippen LogP contribution in [0.3, 0.4) is 0 Å². The molecule has 8 heteroatoms. The highest BCUT2D eigenvalue weighted by Gasteiger charge is 2.35. The van der Waals surface area contributed by atoms with Gasteiger partial charge in [0.2, 0.25) is 23.2 Å². The van der Waals surface area contributed by atoms with Crippen LogP contribution in [0.1, 0.15) is 37.6 Å². The zero-order valence-corrected chi connectivity index (χ0v) is 19.3. The molecule has 6 nitrogen and oxygen atoms in total. The van der Waals surface area contributed by atoms with E-state index in [-0.39, 0.29) is 5.91 Å². The number of ether oxygens (including phenoxy) is 1. The van der Waals surface area contributed by atoms with Gasteiger partial charge in [0.1, 0.15) is 0 Å². The maximum Gasteiger partial charge on any atom is 0.247 e. The molecule has 0 radical (unpaired) electrons. The molecule has 3 aromatic rings. The first-order valence-electron chi connectivity index (χ1n) is 9.71. The van der Waals surface area contributed by atoms with Crippen molar-refractivity contribution in [1.29, 1.82) is 0 Å². The minimum Gasteiger partial charge on any atom is -0.447 e. The van der Waals surface area contributed by atoms with Crippen molar-refractivity contribution < 1.29 is 9.53 Å². The lowest BCUT2D eigenvalue weighted by atomic mass is 10.1. The van der Waals surface area contributed by atoms with Crippen molar-refractivity contribution in [2.75, 3.05) is 11.2 Å². The van der Waals surface area contributed by atoms with Crippen LogP contribution in [-0.4, -0.2) is 27.3 Å². The molecular formula is C22H21BrN4O2S. The number of carbonyl (C=O) groups is 1. The normalized spacial score (nSPS) is 15.1. The van der Waals surface area contributed by atoms with E-state index in [1.807, 2.05) is 43.5 Å². The van der Waals surface area contributed by atoms with Crippen LogP contribution in [-0.2, 0) is 11.2 Å². The number of nitrogens with zero attached hydrogens (tertiary/aromatic N) is 4. The lowest BCUT2D eigenvalue weighted by Crippen LogP contribution is -2.37. The van der Waals surface area contributed by atoms with Gasteiger partial charge in [-0.3, -0.25) is 9.69 Å². The summed E-state index contributed by atoms with van der Waals surface area (Å²) in [6.45, 7) is 3.96. The standard InChI is InChI=1S/C22H21BrN4O2S/c1-4-13-6-8-14(9-7-13)21-27(18(28)5-2)17-11-10-15(23)12-16(17)19-20(29-21)24-22(30-3)26-25-19/h6-12,21H,4-5H2,1-3H3. The van der Waals surface area contributed by atoms with Crippen LogP contribution in [0.25, 0.3) is 11.3 Å². The lowest BCUT2D eigenvalue weighted by molar-refractivity contribution is -0.120. The Labute approximate surface area is 188 Å². The zero-order valence-electron chi connectivity index (χ0n) is 16.9. The van der Waals surface area contributed by atoms with Crippen LogP contribution in [0.15, 0.2) is 52.1 Å². The summed E-state index contributed by atoms with van der Waals surface area (Å²) in [6, 6.07) is 13.9. The van der Waals surface area contributed by atoms with E-state index >= 15 is 0 Å². The Balaban J connectivity index is 1.96. The van der Waals surface area contributed by atoms with Crippen LogP contribution in [0.4, 0.5) is 5.69 Å². The van der Waals surface area contributed by atoms with E-state index in [1.165, 1.54) is 17.3 Å². The first-order chi connectivity index (χ1) is 14.5. The number of rotatable bonds is 4. The second kappa shape index (κ2) is 8.73. The van der Waals surface area contributed by atoms with Gasteiger partial charge in [-0.2, -0.15) is 4.98 Å². The second-order valence-corrected chi connectivity index (χ2v) is 8.49. The summed E-state index contributed by atoms with van der Waals surface area (Å²) in [5.74, 6) is 0.318. The molecule has 0 N–H and O–H groups in total. The van der Waals surface area contributed by atoms with E-state index in [2.05, 4.69) is 50.2 Å². The van der Waals surface area contributed by atoms with Crippen molar-refractivity contribution in [3.8, 4) is 17.1 Å². The molecule has 1 amide bonds. The maximum atomic E-state index is 13.1. The van der Waals surface area contributed by atoms with Crippen molar-refractivity contribution in [2.45, 2.75) is 38.1 Å². The molecular weight excluding hydrogens is 464 g/mol. The number of benzene rings is 2. The summed E-state index contributed by atoms with van der Waals surface area (Å²) in [7, 11) is 0. The molecule has 1 unspecified atom stereocenters. The van der Waals surface area contributed by atoms with Crippen LogP contribution < -0.4 is 9.64 Å². The van der Waals surface area contributed by atoms with Gasteiger partial charge in [0.05, 0.1) is 5.69 Å². The third-order valence-corrected chi connectivity index (χ3v) is 6.02. The highest BCUT2D eigenvalue weighted by molar-refractivity contribution is 9.10. The highest BCUT2D eigenvalue weighted by atomic mass is 79.9. The summed E-state index contributed by atoms with van der Waals surface area (Å²) in [6.07, 6.45) is 2.51. The molecule has 0 aliphatic carbocycles.